The lowest BCUT2D eigenvalue weighted by atomic mass is 9.95. The molecule has 0 saturated carbocycles. The monoisotopic (exact) mass is 261 g/mol. The molecular formula is C14H16ClN3. The number of benzene rings is 1. The van der Waals surface area contributed by atoms with Crippen molar-refractivity contribution in [3.8, 4) is 0 Å². The second kappa shape index (κ2) is 5.48. The zero-order chi connectivity index (χ0) is 13.1. The lowest BCUT2D eigenvalue weighted by Crippen LogP contribution is -2.29. The van der Waals surface area contributed by atoms with Crippen LogP contribution in [0, 0.1) is 13.8 Å². The van der Waals surface area contributed by atoms with Crippen LogP contribution in [0.15, 0.2) is 36.7 Å². The smallest absolute Gasteiger partial charge is 0.0728 e. The largest absolute Gasteiger partial charge is 0.271 e. The minimum atomic E-state index is -0.124. The SMILES string of the molecule is Cc1ccc(C(NN)c2ccncc2Cl)c(C)c1. The quantitative estimate of drug-likeness (QED) is 0.660. The molecule has 0 radical (unpaired) electrons. The van der Waals surface area contributed by atoms with Crippen molar-refractivity contribution < 1.29 is 0 Å². The number of halogens is 1. The van der Waals surface area contributed by atoms with Crippen LogP contribution < -0.4 is 11.3 Å². The van der Waals surface area contributed by atoms with E-state index in [-0.39, 0.29) is 6.04 Å². The van der Waals surface area contributed by atoms with Gasteiger partial charge < -0.3 is 0 Å². The molecule has 0 spiro atoms. The van der Waals surface area contributed by atoms with Gasteiger partial charge in [-0.1, -0.05) is 35.4 Å². The Labute approximate surface area is 112 Å². The minimum absolute atomic E-state index is 0.124. The van der Waals surface area contributed by atoms with E-state index in [4.69, 9.17) is 17.4 Å². The van der Waals surface area contributed by atoms with Gasteiger partial charge in [0, 0.05) is 12.4 Å². The molecule has 1 aromatic carbocycles. The summed E-state index contributed by atoms with van der Waals surface area (Å²) in [6.45, 7) is 4.14. The van der Waals surface area contributed by atoms with Gasteiger partial charge in [0.05, 0.1) is 11.1 Å². The summed E-state index contributed by atoms with van der Waals surface area (Å²) in [5.41, 5.74) is 7.29. The van der Waals surface area contributed by atoms with Gasteiger partial charge in [-0.15, -0.1) is 0 Å². The summed E-state index contributed by atoms with van der Waals surface area (Å²) in [6.07, 6.45) is 3.35. The van der Waals surface area contributed by atoms with Gasteiger partial charge in [0.25, 0.3) is 0 Å². The molecule has 18 heavy (non-hydrogen) atoms. The van der Waals surface area contributed by atoms with Crippen LogP contribution in [0.2, 0.25) is 5.02 Å². The third-order valence-electron chi connectivity index (χ3n) is 3.02. The molecule has 4 heteroatoms. The molecule has 3 N–H and O–H groups in total. The average Bonchev–Trinajstić information content (AvgIpc) is 2.34. The fourth-order valence-electron chi connectivity index (χ4n) is 2.12. The number of hydrazine groups is 1. The number of pyridine rings is 1. The lowest BCUT2D eigenvalue weighted by Gasteiger charge is -2.20. The molecule has 3 nitrogen and oxygen atoms in total. The molecule has 0 aliphatic heterocycles. The zero-order valence-corrected chi connectivity index (χ0v) is 11.2. The van der Waals surface area contributed by atoms with Crippen LogP contribution >= 0.6 is 11.6 Å². The Kier molecular flexibility index (Phi) is 3.97. The number of hydrogen-bond donors (Lipinski definition) is 2. The van der Waals surface area contributed by atoms with Crippen molar-refractivity contribution in [1.82, 2.24) is 10.4 Å². The Morgan fingerprint density at radius 3 is 2.61 bits per heavy atom. The predicted octanol–water partition coefficient (Wildman–Crippen LogP) is 2.90. The lowest BCUT2D eigenvalue weighted by molar-refractivity contribution is 0.633. The first-order chi connectivity index (χ1) is 8.63. The van der Waals surface area contributed by atoms with E-state index in [0.29, 0.717) is 5.02 Å². The topological polar surface area (TPSA) is 50.9 Å². The molecule has 0 bridgehead atoms. The van der Waals surface area contributed by atoms with Gasteiger partial charge in [-0.2, -0.15) is 0 Å². The van der Waals surface area contributed by atoms with Crippen molar-refractivity contribution in [3.63, 3.8) is 0 Å². The summed E-state index contributed by atoms with van der Waals surface area (Å²) in [5.74, 6) is 5.68. The highest BCUT2D eigenvalue weighted by Gasteiger charge is 2.17. The molecule has 0 amide bonds. The van der Waals surface area contributed by atoms with E-state index >= 15 is 0 Å². The molecule has 1 aromatic heterocycles. The summed E-state index contributed by atoms with van der Waals surface area (Å²) < 4.78 is 0. The minimum Gasteiger partial charge on any atom is -0.271 e. The number of aromatic nitrogens is 1. The van der Waals surface area contributed by atoms with Crippen LogP contribution in [0.4, 0.5) is 0 Å². The van der Waals surface area contributed by atoms with Crippen molar-refractivity contribution in [2.75, 3.05) is 0 Å². The maximum Gasteiger partial charge on any atom is 0.0728 e. The second-order valence-electron chi connectivity index (χ2n) is 4.36. The van der Waals surface area contributed by atoms with E-state index in [1.54, 1.807) is 12.4 Å². The third kappa shape index (κ3) is 2.53. The molecule has 0 aliphatic rings. The van der Waals surface area contributed by atoms with Gasteiger partial charge >= 0.3 is 0 Å². The Morgan fingerprint density at radius 1 is 1.22 bits per heavy atom. The number of hydrogen-bond acceptors (Lipinski definition) is 3. The van der Waals surface area contributed by atoms with Crippen molar-refractivity contribution in [3.05, 3.63) is 63.9 Å². The number of rotatable bonds is 3. The van der Waals surface area contributed by atoms with Gasteiger partial charge in [-0.25, -0.2) is 5.43 Å². The summed E-state index contributed by atoms with van der Waals surface area (Å²) in [7, 11) is 0. The summed E-state index contributed by atoms with van der Waals surface area (Å²) in [6, 6.07) is 8.04. The third-order valence-corrected chi connectivity index (χ3v) is 3.33. The van der Waals surface area contributed by atoms with E-state index in [1.165, 1.54) is 11.1 Å². The van der Waals surface area contributed by atoms with E-state index in [2.05, 4.69) is 42.5 Å². The van der Waals surface area contributed by atoms with Gasteiger partial charge in [-0.3, -0.25) is 10.8 Å². The molecular weight excluding hydrogens is 246 g/mol. The number of nitrogens with zero attached hydrogens (tertiary/aromatic N) is 1. The van der Waals surface area contributed by atoms with Crippen LogP contribution in [0.3, 0.4) is 0 Å². The van der Waals surface area contributed by atoms with E-state index in [1.807, 2.05) is 6.07 Å². The normalized spacial score (nSPS) is 12.4. The van der Waals surface area contributed by atoms with E-state index in [9.17, 15) is 0 Å². The number of nitrogens with two attached hydrogens (primary N) is 1. The Bertz CT molecular complexity index is 554. The molecule has 1 unspecified atom stereocenters. The summed E-state index contributed by atoms with van der Waals surface area (Å²) in [4.78, 5) is 3.99. The highest BCUT2D eigenvalue weighted by atomic mass is 35.5. The molecule has 1 heterocycles. The van der Waals surface area contributed by atoms with E-state index in [0.717, 1.165) is 11.1 Å². The Morgan fingerprint density at radius 2 is 2.00 bits per heavy atom. The van der Waals surface area contributed by atoms with Crippen LogP contribution in [-0.4, -0.2) is 4.98 Å². The molecule has 2 rings (SSSR count). The number of nitrogens with one attached hydrogen (secondary N) is 1. The van der Waals surface area contributed by atoms with Crippen LogP contribution in [0.25, 0.3) is 0 Å². The molecule has 0 saturated heterocycles. The standard InChI is InChI=1S/C14H16ClN3/c1-9-3-4-11(10(2)7-9)14(18-16)12-5-6-17-8-13(12)15/h3-8,14,18H,16H2,1-2H3. The second-order valence-corrected chi connectivity index (χ2v) is 4.76. The predicted molar refractivity (Wildman–Crippen MR) is 74.3 cm³/mol. The van der Waals surface area contributed by atoms with Crippen molar-refractivity contribution in [2.24, 2.45) is 5.84 Å². The highest BCUT2D eigenvalue weighted by molar-refractivity contribution is 6.31. The maximum atomic E-state index is 6.17. The molecule has 2 aromatic rings. The highest BCUT2D eigenvalue weighted by Crippen LogP contribution is 2.29. The fourth-order valence-corrected chi connectivity index (χ4v) is 2.35. The first kappa shape index (κ1) is 13.0. The van der Waals surface area contributed by atoms with Crippen molar-refractivity contribution >= 4 is 11.6 Å². The van der Waals surface area contributed by atoms with Crippen LogP contribution in [0.5, 0.6) is 0 Å². The van der Waals surface area contributed by atoms with E-state index < -0.39 is 0 Å². The Balaban J connectivity index is 2.49. The zero-order valence-electron chi connectivity index (χ0n) is 10.4. The van der Waals surface area contributed by atoms with Crippen LogP contribution in [0.1, 0.15) is 28.3 Å². The first-order valence-corrected chi connectivity index (χ1v) is 6.14. The molecule has 94 valence electrons. The van der Waals surface area contributed by atoms with Crippen molar-refractivity contribution in [1.29, 1.82) is 0 Å². The number of aryl methyl sites for hydroxylation is 2. The molecule has 0 aliphatic carbocycles. The molecule has 0 fully saturated rings. The van der Waals surface area contributed by atoms with Gasteiger partial charge in [0.2, 0.25) is 0 Å². The van der Waals surface area contributed by atoms with Crippen molar-refractivity contribution in [2.45, 2.75) is 19.9 Å². The summed E-state index contributed by atoms with van der Waals surface area (Å²) >= 11 is 6.17. The van der Waals surface area contributed by atoms with Gasteiger partial charge in [0.15, 0.2) is 0 Å². The van der Waals surface area contributed by atoms with Crippen LogP contribution in [-0.2, 0) is 0 Å². The van der Waals surface area contributed by atoms with Gasteiger partial charge in [-0.05, 0) is 36.6 Å². The molecule has 1 atom stereocenters. The fraction of sp³-hybridized carbons (Fsp3) is 0.214. The first-order valence-electron chi connectivity index (χ1n) is 5.76. The Hall–Kier alpha value is -1.42. The van der Waals surface area contributed by atoms with Gasteiger partial charge in [0.1, 0.15) is 0 Å². The maximum absolute atomic E-state index is 6.17. The summed E-state index contributed by atoms with van der Waals surface area (Å²) in [5, 5.41) is 0.612. The average molecular weight is 262 g/mol.